The van der Waals surface area contributed by atoms with E-state index in [0.717, 1.165) is 40.0 Å². The number of ether oxygens (including phenoxy) is 2. The third-order valence-corrected chi connectivity index (χ3v) is 12.4. The number of carbonyl (C=O) groups excluding carboxylic acids is 4. The minimum absolute atomic E-state index is 0.0142. The quantitative estimate of drug-likeness (QED) is 0.443. The summed E-state index contributed by atoms with van der Waals surface area (Å²) in [4.78, 5) is 51.5. The fraction of sp³-hybridized carbons (Fsp3) is 0.436. The van der Waals surface area contributed by atoms with E-state index in [-0.39, 0.29) is 35.4 Å². The molecule has 0 aromatic heterocycles. The average molecular weight is 650 g/mol. The molecule has 0 radical (unpaired) electrons. The normalized spacial score (nSPS) is 38.0. The molecule has 0 spiro atoms. The number of aliphatic hydroxyl groups is 2. The van der Waals surface area contributed by atoms with Crippen LogP contribution in [0.5, 0.6) is 0 Å². The van der Waals surface area contributed by atoms with E-state index in [2.05, 4.69) is 6.92 Å². The number of amides is 2. The SMILES string of the molecule is C[C@]12C=CC(=O)C=C1CC[C@@H]1C2[C@@H](O)C[C@@]2(C)[C@H]1C[C@H]1O[C@@H](c3ccc(Cc4cccc(N5C(=O)C=CC5=O)c4)cc3)O[C@]12C(=O)CO. The molecular formula is C39H39NO8. The molecule has 0 bridgehead atoms. The second-order valence-corrected chi connectivity index (χ2v) is 14.8. The van der Waals surface area contributed by atoms with Crippen LogP contribution >= 0.6 is 0 Å². The van der Waals surface area contributed by atoms with Crippen LogP contribution in [-0.4, -0.2) is 58.0 Å². The van der Waals surface area contributed by atoms with Crippen LogP contribution in [-0.2, 0) is 35.1 Å². The molecule has 2 heterocycles. The van der Waals surface area contributed by atoms with Crippen molar-refractivity contribution in [2.24, 2.45) is 28.6 Å². The van der Waals surface area contributed by atoms with Gasteiger partial charge in [0.05, 0.1) is 17.9 Å². The van der Waals surface area contributed by atoms with E-state index in [9.17, 15) is 29.4 Å². The first-order valence-corrected chi connectivity index (χ1v) is 16.8. The van der Waals surface area contributed by atoms with Crippen molar-refractivity contribution in [1.82, 2.24) is 0 Å². The molecule has 248 valence electrons. The van der Waals surface area contributed by atoms with Gasteiger partial charge in [0.15, 0.2) is 23.5 Å². The Morgan fingerprint density at radius 1 is 1.00 bits per heavy atom. The molecule has 48 heavy (non-hydrogen) atoms. The zero-order valence-electron chi connectivity index (χ0n) is 27.0. The lowest BCUT2D eigenvalue weighted by atomic mass is 9.46. The highest BCUT2D eigenvalue weighted by atomic mass is 16.7. The van der Waals surface area contributed by atoms with Gasteiger partial charge in [-0.1, -0.05) is 61.9 Å². The minimum atomic E-state index is -1.41. The van der Waals surface area contributed by atoms with Gasteiger partial charge in [-0.3, -0.25) is 19.2 Å². The van der Waals surface area contributed by atoms with Crippen molar-refractivity contribution in [3.05, 3.63) is 101 Å². The third-order valence-electron chi connectivity index (χ3n) is 12.4. The molecule has 1 saturated heterocycles. The van der Waals surface area contributed by atoms with Gasteiger partial charge in [-0.25, -0.2) is 4.90 Å². The summed E-state index contributed by atoms with van der Waals surface area (Å²) in [6.45, 7) is 3.46. The van der Waals surface area contributed by atoms with Crippen LogP contribution in [0.15, 0.2) is 84.5 Å². The van der Waals surface area contributed by atoms with Crippen LogP contribution < -0.4 is 4.90 Å². The van der Waals surface area contributed by atoms with Gasteiger partial charge in [0, 0.05) is 34.5 Å². The van der Waals surface area contributed by atoms with Gasteiger partial charge in [-0.15, -0.1) is 0 Å². The molecule has 2 aliphatic heterocycles. The van der Waals surface area contributed by atoms with Crippen molar-refractivity contribution in [1.29, 1.82) is 0 Å². The first-order valence-electron chi connectivity index (χ1n) is 16.8. The smallest absolute Gasteiger partial charge is 0.258 e. The highest BCUT2D eigenvalue weighted by Gasteiger charge is 2.75. The molecule has 3 saturated carbocycles. The summed E-state index contributed by atoms with van der Waals surface area (Å²) in [5.41, 5.74) is 1.67. The molecule has 2 aromatic carbocycles. The highest BCUT2D eigenvalue weighted by molar-refractivity contribution is 6.28. The zero-order valence-corrected chi connectivity index (χ0v) is 27.0. The molecule has 4 fully saturated rings. The molecule has 2 amide bonds. The zero-order chi connectivity index (χ0) is 33.6. The number of ketones is 2. The number of imide groups is 1. The largest absolute Gasteiger partial charge is 0.393 e. The van der Waals surface area contributed by atoms with Crippen molar-refractivity contribution >= 4 is 29.1 Å². The van der Waals surface area contributed by atoms with Crippen molar-refractivity contribution < 1.29 is 38.9 Å². The predicted octanol–water partition coefficient (Wildman–Crippen LogP) is 4.31. The number of carbonyl (C=O) groups is 4. The Bertz CT molecular complexity index is 1810. The maximum absolute atomic E-state index is 13.8. The Balaban J connectivity index is 1.04. The van der Waals surface area contributed by atoms with E-state index in [0.29, 0.717) is 24.9 Å². The Morgan fingerprint density at radius 3 is 2.48 bits per heavy atom. The second-order valence-electron chi connectivity index (χ2n) is 14.8. The number of hydrogen-bond donors (Lipinski definition) is 2. The standard InChI is InChI=1S/C39H39NO8/c1-37-15-14-27(42)18-25(37)10-11-28-29-19-32-39(31(44)21-41,38(29,2)20-30(43)35(28)37)48-36(47-32)24-8-6-22(7-9-24)16-23-4-3-5-26(17-23)40-33(45)12-13-34(40)46/h3-9,12-15,17-18,28-30,32,35-36,41,43H,10-11,16,19-21H2,1-2H3/t28-,29-,30-,32+,35?,36+,37-,38-,39+/m0/s1. The van der Waals surface area contributed by atoms with Crippen molar-refractivity contribution in [2.45, 2.75) is 70.1 Å². The van der Waals surface area contributed by atoms with Gasteiger partial charge in [0.1, 0.15) is 6.61 Å². The molecule has 9 heteroatoms. The summed E-state index contributed by atoms with van der Waals surface area (Å²) in [6, 6.07) is 15.1. The van der Waals surface area contributed by atoms with Crippen molar-refractivity contribution in [3.63, 3.8) is 0 Å². The lowest BCUT2D eigenvalue weighted by molar-refractivity contribution is -0.201. The molecule has 4 aliphatic carbocycles. The fourth-order valence-electron chi connectivity index (χ4n) is 10.3. The number of Topliss-reactive ketones (excluding diaryl/α,β-unsaturated/α-hetero) is 1. The topological polar surface area (TPSA) is 130 Å². The average Bonchev–Trinajstić information content (AvgIpc) is 3.70. The lowest BCUT2D eigenvalue weighted by Crippen LogP contribution is -2.63. The van der Waals surface area contributed by atoms with Crippen molar-refractivity contribution in [3.8, 4) is 0 Å². The molecule has 1 unspecified atom stereocenters. The number of nitrogens with zero attached hydrogens (tertiary/aromatic N) is 1. The molecular weight excluding hydrogens is 610 g/mol. The Hall–Kier alpha value is -4.02. The van der Waals surface area contributed by atoms with Gasteiger partial charge in [0.25, 0.3) is 11.8 Å². The molecule has 2 N–H and O–H groups in total. The summed E-state index contributed by atoms with van der Waals surface area (Å²) in [7, 11) is 0. The minimum Gasteiger partial charge on any atom is -0.393 e. The number of allylic oxidation sites excluding steroid dienone is 4. The molecule has 9 atom stereocenters. The summed E-state index contributed by atoms with van der Waals surface area (Å²) in [6.07, 6.45) is 8.74. The third kappa shape index (κ3) is 4.37. The van der Waals surface area contributed by atoms with E-state index < -0.39 is 47.3 Å². The van der Waals surface area contributed by atoms with Gasteiger partial charge in [-0.05, 0) is 79.4 Å². The van der Waals surface area contributed by atoms with Gasteiger partial charge in [0.2, 0.25) is 0 Å². The van der Waals surface area contributed by atoms with Crippen molar-refractivity contribution in [2.75, 3.05) is 11.5 Å². The van der Waals surface area contributed by atoms with Crippen LogP contribution in [0, 0.1) is 28.6 Å². The first kappa shape index (κ1) is 31.3. The summed E-state index contributed by atoms with van der Waals surface area (Å²) in [5, 5.41) is 22.1. The van der Waals surface area contributed by atoms with E-state index in [1.165, 1.54) is 12.2 Å². The van der Waals surface area contributed by atoms with Crippen LogP contribution in [0.1, 0.15) is 62.5 Å². The van der Waals surface area contributed by atoms with Gasteiger partial charge >= 0.3 is 0 Å². The van der Waals surface area contributed by atoms with Crippen LogP contribution in [0.3, 0.4) is 0 Å². The Kier molecular flexibility index (Phi) is 7.16. The van der Waals surface area contributed by atoms with Crippen LogP contribution in [0.25, 0.3) is 0 Å². The Morgan fingerprint density at radius 2 is 1.75 bits per heavy atom. The number of hydrogen-bond acceptors (Lipinski definition) is 8. The number of fused-ring (bicyclic) bond motifs is 7. The fourth-order valence-corrected chi connectivity index (χ4v) is 10.3. The number of aliphatic hydroxyl groups excluding tert-OH is 2. The molecule has 2 aromatic rings. The van der Waals surface area contributed by atoms with E-state index in [4.69, 9.17) is 9.47 Å². The van der Waals surface area contributed by atoms with Crippen LogP contribution in [0.2, 0.25) is 0 Å². The van der Waals surface area contributed by atoms with E-state index >= 15 is 0 Å². The van der Waals surface area contributed by atoms with Gasteiger partial charge < -0.3 is 19.7 Å². The molecule has 6 aliphatic rings. The summed E-state index contributed by atoms with van der Waals surface area (Å²) in [5.74, 6) is -1.14. The summed E-state index contributed by atoms with van der Waals surface area (Å²) < 4.78 is 13.3. The number of anilines is 1. The monoisotopic (exact) mass is 649 g/mol. The predicted molar refractivity (Wildman–Crippen MR) is 174 cm³/mol. The lowest BCUT2D eigenvalue weighted by Gasteiger charge is -2.59. The van der Waals surface area contributed by atoms with E-state index in [1.807, 2.05) is 55.5 Å². The Labute approximate surface area is 278 Å². The molecule has 8 rings (SSSR count). The van der Waals surface area contributed by atoms with Gasteiger partial charge in [-0.2, -0.15) is 0 Å². The number of benzene rings is 2. The summed E-state index contributed by atoms with van der Waals surface area (Å²) >= 11 is 0. The van der Waals surface area contributed by atoms with Crippen LogP contribution in [0.4, 0.5) is 5.69 Å². The van der Waals surface area contributed by atoms with E-state index in [1.54, 1.807) is 18.2 Å². The maximum Gasteiger partial charge on any atom is 0.258 e. The number of rotatable bonds is 6. The molecule has 9 nitrogen and oxygen atoms in total. The second kappa shape index (κ2) is 11.0. The maximum atomic E-state index is 13.8. The first-order chi connectivity index (χ1) is 23.0. The highest BCUT2D eigenvalue weighted by Crippen LogP contribution is 2.70.